The fraction of sp³-hybridized carbons (Fsp3) is 0.478. The number of carbonyl (C=O) groups is 2. The molecule has 2 fully saturated rings. The summed E-state index contributed by atoms with van der Waals surface area (Å²) in [6.07, 6.45) is 4.09. The Kier molecular flexibility index (Phi) is 6.31. The van der Waals surface area contributed by atoms with E-state index in [1.807, 2.05) is 52.1 Å². The zero-order valence-corrected chi connectivity index (χ0v) is 17.5. The number of benzene rings is 1. The number of ether oxygens (including phenoxy) is 1. The number of thiophene rings is 1. The van der Waals surface area contributed by atoms with Crippen LogP contribution in [0.3, 0.4) is 0 Å². The van der Waals surface area contributed by atoms with Crippen molar-refractivity contribution >= 4 is 23.2 Å². The fourth-order valence-electron chi connectivity index (χ4n) is 4.47. The molecule has 1 aromatic heterocycles. The van der Waals surface area contributed by atoms with Crippen molar-refractivity contribution in [3.8, 4) is 0 Å². The second-order valence-corrected chi connectivity index (χ2v) is 8.94. The van der Waals surface area contributed by atoms with Crippen LogP contribution in [0, 0.1) is 5.92 Å². The third kappa shape index (κ3) is 5.06. The molecule has 2 aliphatic rings. The highest BCUT2D eigenvalue weighted by Crippen LogP contribution is 2.39. The van der Waals surface area contributed by atoms with E-state index >= 15 is 0 Å². The zero-order chi connectivity index (χ0) is 20.1. The molecule has 3 heterocycles. The molecule has 1 N–H and O–H groups in total. The highest BCUT2D eigenvalue weighted by Gasteiger charge is 2.41. The number of nitrogens with zero attached hydrogens (tertiary/aromatic N) is 1. The molecule has 2 saturated heterocycles. The second kappa shape index (κ2) is 9.09. The Labute approximate surface area is 176 Å². The molecule has 29 heavy (non-hydrogen) atoms. The molecule has 154 valence electrons. The van der Waals surface area contributed by atoms with E-state index in [0.717, 1.165) is 49.9 Å². The number of hydrogen-bond donors (Lipinski definition) is 1. The lowest BCUT2D eigenvalue weighted by Gasteiger charge is -2.46. The van der Waals surface area contributed by atoms with Gasteiger partial charge in [0.1, 0.15) is 0 Å². The van der Waals surface area contributed by atoms with Crippen molar-refractivity contribution in [2.75, 3.05) is 19.7 Å². The van der Waals surface area contributed by atoms with E-state index in [0.29, 0.717) is 25.5 Å². The summed E-state index contributed by atoms with van der Waals surface area (Å²) in [5, 5.41) is 6.90. The maximum atomic E-state index is 12.6. The minimum atomic E-state index is -0.173. The van der Waals surface area contributed by atoms with Crippen LogP contribution in [0.1, 0.15) is 48.0 Å². The maximum Gasteiger partial charge on any atom is 0.254 e. The van der Waals surface area contributed by atoms with Gasteiger partial charge in [0.05, 0.1) is 11.2 Å². The molecule has 6 heteroatoms. The lowest BCUT2D eigenvalue weighted by molar-refractivity contribution is -0.134. The van der Waals surface area contributed by atoms with Gasteiger partial charge in [0, 0.05) is 38.0 Å². The minimum absolute atomic E-state index is 0.112. The monoisotopic (exact) mass is 412 g/mol. The molecule has 1 atom stereocenters. The fourth-order valence-corrected chi connectivity index (χ4v) is 5.10. The van der Waals surface area contributed by atoms with E-state index in [4.69, 9.17) is 4.74 Å². The van der Waals surface area contributed by atoms with Gasteiger partial charge in [0.2, 0.25) is 5.91 Å². The Bertz CT molecular complexity index is 814. The Hall–Kier alpha value is -2.18. The SMILES string of the molecule is O=C(CC1CCOC2(CCN(C(=O)c3ccsc3)CC2)C1)NCc1ccccc1. The molecule has 0 saturated carbocycles. The maximum absolute atomic E-state index is 12.6. The number of amides is 2. The van der Waals surface area contributed by atoms with E-state index in [1.54, 1.807) is 11.3 Å². The van der Waals surface area contributed by atoms with Gasteiger partial charge in [-0.15, -0.1) is 0 Å². The molecule has 2 aliphatic heterocycles. The van der Waals surface area contributed by atoms with Crippen LogP contribution >= 0.6 is 11.3 Å². The van der Waals surface area contributed by atoms with Crippen LogP contribution in [-0.4, -0.2) is 42.0 Å². The smallest absolute Gasteiger partial charge is 0.254 e. The van der Waals surface area contributed by atoms with Crippen LogP contribution in [0.15, 0.2) is 47.2 Å². The molecular weight excluding hydrogens is 384 g/mol. The van der Waals surface area contributed by atoms with E-state index in [-0.39, 0.29) is 17.4 Å². The highest BCUT2D eigenvalue weighted by molar-refractivity contribution is 7.08. The van der Waals surface area contributed by atoms with E-state index < -0.39 is 0 Å². The van der Waals surface area contributed by atoms with Gasteiger partial charge in [0.15, 0.2) is 0 Å². The Balaban J connectivity index is 1.26. The normalized spacial score (nSPS) is 21.1. The van der Waals surface area contributed by atoms with Gasteiger partial charge >= 0.3 is 0 Å². The van der Waals surface area contributed by atoms with Gasteiger partial charge in [-0.25, -0.2) is 0 Å². The Morgan fingerprint density at radius 3 is 2.69 bits per heavy atom. The van der Waals surface area contributed by atoms with Gasteiger partial charge in [-0.3, -0.25) is 9.59 Å². The first-order valence-electron chi connectivity index (χ1n) is 10.4. The molecule has 1 spiro atoms. The van der Waals surface area contributed by atoms with E-state index in [1.165, 1.54) is 0 Å². The summed E-state index contributed by atoms with van der Waals surface area (Å²) in [5.74, 6) is 0.577. The summed E-state index contributed by atoms with van der Waals surface area (Å²) in [6, 6.07) is 11.9. The molecular formula is C23H28N2O3S. The summed E-state index contributed by atoms with van der Waals surface area (Å²) < 4.78 is 6.20. The van der Waals surface area contributed by atoms with E-state index in [2.05, 4.69) is 5.32 Å². The quantitative estimate of drug-likeness (QED) is 0.811. The third-order valence-electron chi connectivity index (χ3n) is 6.13. The van der Waals surface area contributed by atoms with Crippen LogP contribution in [0.4, 0.5) is 0 Å². The van der Waals surface area contributed by atoms with Crippen molar-refractivity contribution < 1.29 is 14.3 Å². The van der Waals surface area contributed by atoms with E-state index in [9.17, 15) is 9.59 Å². The standard InChI is InChI=1S/C23H28N2O3S/c26-21(24-16-18-4-2-1-3-5-18)14-19-6-12-28-23(15-19)8-10-25(11-9-23)22(27)20-7-13-29-17-20/h1-5,7,13,17,19H,6,8-12,14-16H2,(H,24,26). The van der Waals surface area contributed by atoms with Gasteiger partial charge < -0.3 is 15.0 Å². The molecule has 0 bridgehead atoms. The first-order chi connectivity index (χ1) is 14.1. The predicted octanol–water partition coefficient (Wildman–Crippen LogP) is 3.86. The van der Waals surface area contributed by atoms with Crippen LogP contribution in [0.5, 0.6) is 0 Å². The van der Waals surface area contributed by atoms with Gasteiger partial charge in [-0.2, -0.15) is 11.3 Å². The molecule has 1 aromatic carbocycles. The Morgan fingerprint density at radius 1 is 1.17 bits per heavy atom. The highest BCUT2D eigenvalue weighted by atomic mass is 32.1. The molecule has 2 amide bonds. The molecule has 0 radical (unpaired) electrons. The average Bonchev–Trinajstić information content (AvgIpc) is 3.28. The zero-order valence-electron chi connectivity index (χ0n) is 16.6. The average molecular weight is 413 g/mol. The largest absolute Gasteiger partial charge is 0.375 e. The van der Waals surface area contributed by atoms with Gasteiger partial charge in [0.25, 0.3) is 5.91 Å². The first kappa shape index (κ1) is 20.1. The number of rotatable bonds is 5. The molecule has 5 nitrogen and oxygen atoms in total. The first-order valence-corrected chi connectivity index (χ1v) is 11.3. The number of piperidine rings is 1. The van der Waals surface area contributed by atoms with Crippen LogP contribution in [0.2, 0.25) is 0 Å². The summed E-state index contributed by atoms with van der Waals surface area (Å²) in [7, 11) is 0. The number of likely N-dealkylation sites (tertiary alicyclic amines) is 1. The van der Waals surface area contributed by atoms with Crippen molar-refractivity contribution in [1.82, 2.24) is 10.2 Å². The molecule has 2 aromatic rings. The summed E-state index contributed by atoms with van der Waals surface area (Å²) in [6.45, 7) is 2.73. The van der Waals surface area contributed by atoms with Crippen molar-refractivity contribution in [3.05, 3.63) is 58.3 Å². The van der Waals surface area contributed by atoms with Crippen LogP contribution in [0.25, 0.3) is 0 Å². The van der Waals surface area contributed by atoms with Crippen molar-refractivity contribution in [1.29, 1.82) is 0 Å². The predicted molar refractivity (Wildman–Crippen MR) is 114 cm³/mol. The summed E-state index contributed by atoms with van der Waals surface area (Å²) in [5.41, 5.74) is 1.73. The van der Waals surface area contributed by atoms with Crippen molar-refractivity contribution in [2.45, 2.75) is 44.2 Å². The number of hydrogen-bond acceptors (Lipinski definition) is 4. The lowest BCUT2D eigenvalue weighted by Crippen LogP contribution is -2.51. The topological polar surface area (TPSA) is 58.6 Å². The van der Waals surface area contributed by atoms with Crippen LogP contribution < -0.4 is 5.32 Å². The Morgan fingerprint density at radius 2 is 1.97 bits per heavy atom. The third-order valence-corrected chi connectivity index (χ3v) is 6.81. The van der Waals surface area contributed by atoms with Gasteiger partial charge in [-0.1, -0.05) is 30.3 Å². The second-order valence-electron chi connectivity index (χ2n) is 8.16. The number of nitrogens with one attached hydrogen (secondary N) is 1. The molecule has 1 unspecified atom stereocenters. The van der Waals surface area contributed by atoms with Crippen molar-refractivity contribution in [2.24, 2.45) is 5.92 Å². The minimum Gasteiger partial charge on any atom is -0.375 e. The van der Waals surface area contributed by atoms with Crippen molar-refractivity contribution in [3.63, 3.8) is 0 Å². The van der Waals surface area contributed by atoms with Gasteiger partial charge in [-0.05, 0) is 48.6 Å². The molecule has 0 aliphatic carbocycles. The summed E-state index contributed by atoms with van der Waals surface area (Å²) in [4.78, 5) is 26.9. The van der Waals surface area contributed by atoms with Crippen LogP contribution in [-0.2, 0) is 16.1 Å². The molecule has 4 rings (SSSR count). The lowest BCUT2D eigenvalue weighted by atomic mass is 9.78. The number of carbonyl (C=O) groups excluding carboxylic acids is 2. The summed E-state index contributed by atoms with van der Waals surface area (Å²) >= 11 is 1.55.